The minimum absolute atomic E-state index is 0.0166. The van der Waals surface area contributed by atoms with Gasteiger partial charge in [0.05, 0.1) is 17.4 Å². The van der Waals surface area contributed by atoms with Crippen LogP contribution in [-0.2, 0) is 14.8 Å². The highest BCUT2D eigenvalue weighted by Crippen LogP contribution is 2.37. The molecular formula is C29H34ClN5O5S2. The number of halogens is 1. The summed E-state index contributed by atoms with van der Waals surface area (Å²) in [6.45, 7) is 9.71. The Bertz CT molecular complexity index is 1520. The SMILES string of the molecule is CC1(CNC(=O)OC(C)(C)C)CCN(c2cnc(Sc3cccc(S(=O)(=O)NC(=O)c4ccccc4)c3Cl)cn2)CC1. The van der Waals surface area contributed by atoms with E-state index in [0.717, 1.165) is 31.7 Å². The summed E-state index contributed by atoms with van der Waals surface area (Å²) in [6, 6.07) is 12.6. The molecule has 2 heterocycles. The van der Waals surface area contributed by atoms with Crippen LogP contribution in [0.3, 0.4) is 0 Å². The number of nitrogens with zero attached hydrogens (tertiary/aromatic N) is 3. The number of amides is 2. The van der Waals surface area contributed by atoms with E-state index in [-0.39, 0.29) is 20.9 Å². The number of hydrogen-bond acceptors (Lipinski definition) is 9. The lowest BCUT2D eigenvalue weighted by atomic mass is 9.80. The fraction of sp³-hybridized carbons (Fsp3) is 0.379. The maximum absolute atomic E-state index is 13.0. The molecule has 2 N–H and O–H groups in total. The fourth-order valence-corrected chi connectivity index (χ4v) is 6.76. The Kier molecular flexibility index (Phi) is 9.69. The molecule has 1 fully saturated rings. The molecule has 1 aliphatic heterocycles. The average molecular weight is 632 g/mol. The number of nitrogens with one attached hydrogen (secondary N) is 2. The van der Waals surface area contributed by atoms with Gasteiger partial charge in [0.2, 0.25) is 0 Å². The molecule has 13 heteroatoms. The summed E-state index contributed by atoms with van der Waals surface area (Å²) in [5.41, 5.74) is -0.378. The Morgan fingerprint density at radius 2 is 1.74 bits per heavy atom. The van der Waals surface area contributed by atoms with Gasteiger partial charge in [-0.15, -0.1) is 0 Å². The van der Waals surface area contributed by atoms with E-state index in [1.807, 2.05) is 20.8 Å². The first-order valence-corrected chi connectivity index (χ1v) is 16.0. The molecule has 4 rings (SSSR count). The lowest BCUT2D eigenvalue weighted by Crippen LogP contribution is -2.45. The zero-order valence-corrected chi connectivity index (χ0v) is 26.3. The van der Waals surface area contributed by atoms with Gasteiger partial charge in [-0.3, -0.25) is 4.79 Å². The van der Waals surface area contributed by atoms with E-state index in [4.69, 9.17) is 16.3 Å². The smallest absolute Gasteiger partial charge is 0.407 e. The van der Waals surface area contributed by atoms with Crippen molar-refractivity contribution in [3.63, 3.8) is 0 Å². The molecule has 1 saturated heterocycles. The van der Waals surface area contributed by atoms with Crippen LogP contribution in [-0.4, -0.2) is 55.6 Å². The van der Waals surface area contributed by atoms with Gasteiger partial charge in [0.25, 0.3) is 15.9 Å². The van der Waals surface area contributed by atoms with Crippen LogP contribution in [0.1, 0.15) is 50.9 Å². The van der Waals surface area contributed by atoms with Crippen molar-refractivity contribution in [3.05, 3.63) is 71.5 Å². The number of rotatable bonds is 8. The van der Waals surface area contributed by atoms with Crippen LogP contribution in [0.5, 0.6) is 0 Å². The Hall–Kier alpha value is -3.35. The van der Waals surface area contributed by atoms with Crippen LogP contribution in [0.2, 0.25) is 5.02 Å². The van der Waals surface area contributed by atoms with Crippen molar-refractivity contribution in [2.24, 2.45) is 5.41 Å². The summed E-state index contributed by atoms with van der Waals surface area (Å²) in [7, 11) is -4.22. The van der Waals surface area contributed by atoms with Crippen molar-refractivity contribution >= 4 is 51.2 Å². The predicted molar refractivity (Wildman–Crippen MR) is 162 cm³/mol. The van der Waals surface area contributed by atoms with Crippen molar-refractivity contribution in [2.75, 3.05) is 24.5 Å². The largest absolute Gasteiger partial charge is 0.444 e. The molecule has 0 atom stereocenters. The highest BCUT2D eigenvalue weighted by molar-refractivity contribution is 7.99. The Morgan fingerprint density at radius 3 is 2.36 bits per heavy atom. The van der Waals surface area contributed by atoms with Crippen molar-refractivity contribution < 1.29 is 22.7 Å². The fourth-order valence-electron chi connectivity index (χ4n) is 4.29. The third-order valence-corrected chi connectivity index (χ3v) is 9.65. The van der Waals surface area contributed by atoms with Gasteiger partial charge in [-0.1, -0.05) is 54.6 Å². The number of benzene rings is 2. The molecule has 42 heavy (non-hydrogen) atoms. The van der Waals surface area contributed by atoms with Crippen LogP contribution in [0, 0.1) is 5.41 Å². The van der Waals surface area contributed by atoms with E-state index in [0.29, 0.717) is 16.5 Å². The molecule has 2 aromatic carbocycles. The van der Waals surface area contributed by atoms with Gasteiger partial charge in [0, 0.05) is 30.1 Å². The Labute approximate surface area is 255 Å². The minimum Gasteiger partial charge on any atom is -0.444 e. The van der Waals surface area contributed by atoms with Gasteiger partial charge < -0.3 is 15.0 Å². The zero-order valence-electron chi connectivity index (χ0n) is 23.9. The third kappa shape index (κ3) is 8.36. The van der Waals surface area contributed by atoms with Crippen LogP contribution in [0.25, 0.3) is 0 Å². The second kappa shape index (κ2) is 12.9. The maximum atomic E-state index is 13.0. The van der Waals surface area contributed by atoms with Crippen LogP contribution >= 0.6 is 23.4 Å². The van der Waals surface area contributed by atoms with E-state index < -0.39 is 27.6 Å². The second-order valence-electron chi connectivity index (χ2n) is 11.3. The molecule has 0 aliphatic carbocycles. The first kappa shape index (κ1) is 31.6. The van der Waals surface area contributed by atoms with E-state index in [1.165, 1.54) is 30.0 Å². The van der Waals surface area contributed by atoms with E-state index in [9.17, 15) is 18.0 Å². The molecule has 3 aromatic rings. The quantitative estimate of drug-likeness (QED) is 0.329. The standard InChI is InChI=1S/C29H34ClN5O5S2/c1-28(2,3)40-27(37)33-19-29(4)13-15-35(16-14-29)23-17-32-24(18-31-23)41-21-11-8-12-22(25(21)30)42(38,39)34-26(36)20-9-6-5-7-10-20/h5-12,17-18H,13-16,19H2,1-4H3,(H,33,37)(H,34,36). The number of ether oxygens (including phenoxy) is 1. The van der Waals surface area contributed by atoms with E-state index >= 15 is 0 Å². The van der Waals surface area contributed by atoms with Crippen molar-refractivity contribution in [1.82, 2.24) is 20.0 Å². The highest BCUT2D eigenvalue weighted by Gasteiger charge is 2.32. The van der Waals surface area contributed by atoms with Crippen molar-refractivity contribution in [1.29, 1.82) is 0 Å². The number of carbonyl (C=O) groups is 2. The monoisotopic (exact) mass is 631 g/mol. The summed E-state index contributed by atoms with van der Waals surface area (Å²) < 4.78 is 33.3. The lowest BCUT2D eigenvalue weighted by Gasteiger charge is -2.40. The summed E-state index contributed by atoms with van der Waals surface area (Å²) >= 11 is 7.66. The summed E-state index contributed by atoms with van der Waals surface area (Å²) in [5, 5.41) is 3.41. The van der Waals surface area contributed by atoms with Crippen LogP contribution in [0.15, 0.2) is 75.7 Å². The number of alkyl carbamates (subject to hydrolysis) is 1. The number of sulfonamides is 1. The molecule has 1 aliphatic rings. The third-order valence-electron chi connectivity index (χ3n) is 6.66. The normalized spacial score (nSPS) is 15.1. The molecule has 0 spiro atoms. The van der Waals surface area contributed by atoms with Gasteiger partial charge in [-0.05, 0) is 63.3 Å². The molecular weight excluding hydrogens is 598 g/mol. The lowest BCUT2D eigenvalue weighted by molar-refractivity contribution is 0.0495. The predicted octanol–water partition coefficient (Wildman–Crippen LogP) is 5.53. The van der Waals surface area contributed by atoms with Crippen LogP contribution < -0.4 is 14.9 Å². The summed E-state index contributed by atoms with van der Waals surface area (Å²) in [4.78, 5) is 36.0. The van der Waals surface area contributed by atoms with Gasteiger partial charge in [0.15, 0.2) is 0 Å². The van der Waals surface area contributed by atoms with Crippen molar-refractivity contribution in [3.8, 4) is 0 Å². The molecule has 0 bridgehead atoms. The van der Waals surface area contributed by atoms with Crippen molar-refractivity contribution in [2.45, 2.75) is 61.0 Å². The number of piperidine rings is 1. The molecule has 0 unspecified atom stereocenters. The van der Waals surface area contributed by atoms with E-state index in [2.05, 4.69) is 31.8 Å². The van der Waals surface area contributed by atoms with Crippen LogP contribution in [0.4, 0.5) is 10.6 Å². The number of anilines is 1. The number of carbonyl (C=O) groups excluding carboxylic acids is 2. The maximum Gasteiger partial charge on any atom is 0.407 e. The molecule has 1 aromatic heterocycles. The summed E-state index contributed by atoms with van der Waals surface area (Å²) in [5.74, 6) is -0.0175. The first-order chi connectivity index (χ1) is 19.7. The van der Waals surface area contributed by atoms with Gasteiger partial charge >= 0.3 is 6.09 Å². The number of aromatic nitrogens is 2. The topological polar surface area (TPSA) is 131 Å². The van der Waals surface area contributed by atoms with E-state index in [1.54, 1.807) is 42.7 Å². The van der Waals surface area contributed by atoms with Gasteiger partial charge in [-0.2, -0.15) is 0 Å². The molecule has 224 valence electrons. The molecule has 10 nitrogen and oxygen atoms in total. The van der Waals surface area contributed by atoms with Gasteiger partial charge in [0.1, 0.15) is 21.3 Å². The average Bonchev–Trinajstić information content (AvgIpc) is 2.93. The Morgan fingerprint density at radius 1 is 1.05 bits per heavy atom. The summed E-state index contributed by atoms with van der Waals surface area (Å²) in [6.07, 6.45) is 4.60. The molecule has 0 saturated carbocycles. The minimum atomic E-state index is -4.22. The highest BCUT2D eigenvalue weighted by atomic mass is 35.5. The first-order valence-electron chi connectivity index (χ1n) is 13.4. The molecule has 0 radical (unpaired) electrons. The zero-order chi connectivity index (χ0) is 30.5. The van der Waals surface area contributed by atoms with Gasteiger partial charge in [-0.25, -0.2) is 27.9 Å². The molecule has 2 amide bonds. The number of hydrogen-bond donors (Lipinski definition) is 2. The second-order valence-corrected chi connectivity index (χ2v) is 14.4. The Balaban J connectivity index is 1.36.